The standard InChI is InChI=1S/C28H30Cl2N2O3/c1-17(2)14-28(32-19(4)35-22-12-10-20(11-13-22)18(3)27(33)34)15-24(29)25(26(30)23(28)16-31)21-8-6-5-7-9-21/h5-13,15,17-19,23,32H,14H2,1-4H3,(H,33,34). The molecule has 0 saturated heterocycles. The number of nitriles is 1. The first-order valence-corrected chi connectivity index (χ1v) is 12.3. The number of hydrogen-bond acceptors (Lipinski definition) is 4. The summed E-state index contributed by atoms with van der Waals surface area (Å²) in [6.45, 7) is 7.66. The van der Waals surface area contributed by atoms with E-state index >= 15 is 0 Å². The Morgan fingerprint density at radius 3 is 2.29 bits per heavy atom. The normalized spacial score (nSPS) is 21.8. The van der Waals surface area contributed by atoms with Crippen molar-refractivity contribution in [3.8, 4) is 11.8 Å². The number of carboxylic acid groups (broad SMARTS) is 1. The molecule has 0 spiro atoms. The summed E-state index contributed by atoms with van der Waals surface area (Å²) in [5.41, 5.74) is 1.38. The summed E-state index contributed by atoms with van der Waals surface area (Å²) in [4.78, 5) is 11.2. The van der Waals surface area contributed by atoms with E-state index < -0.39 is 29.6 Å². The van der Waals surface area contributed by atoms with Crippen LogP contribution >= 0.6 is 23.2 Å². The van der Waals surface area contributed by atoms with Gasteiger partial charge in [0, 0.05) is 15.6 Å². The van der Waals surface area contributed by atoms with E-state index in [0.29, 0.717) is 33.4 Å². The van der Waals surface area contributed by atoms with Gasteiger partial charge in [-0.15, -0.1) is 0 Å². The number of nitrogens with one attached hydrogen (secondary N) is 1. The highest BCUT2D eigenvalue weighted by atomic mass is 35.5. The average Bonchev–Trinajstić information content (AvgIpc) is 2.79. The zero-order valence-corrected chi connectivity index (χ0v) is 21.8. The SMILES string of the molecule is CC(C)CC1(NC(C)Oc2ccc(C(C)C(=O)O)cc2)C=C(Cl)C(c2ccccc2)=C(Cl)C1C#N. The van der Waals surface area contributed by atoms with Crippen molar-refractivity contribution in [2.75, 3.05) is 0 Å². The largest absolute Gasteiger partial charge is 0.481 e. The zero-order chi connectivity index (χ0) is 25.8. The first-order chi connectivity index (χ1) is 16.6. The lowest BCUT2D eigenvalue weighted by Gasteiger charge is -2.42. The van der Waals surface area contributed by atoms with E-state index in [9.17, 15) is 15.2 Å². The lowest BCUT2D eigenvalue weighted by molar-refractivity contribution is -0.138. The van der Waals surface area contributed by atoms with E-state index in [4.69, 9.17) is 27.9 Å². The Morgan fingerprint density at radius 1 is 1.11 bits per heavy atom. The first kappa shape index (κ1) is 26.8. The minimum Gasteiger partial charge on any atom is -0.481 e. The summed E-state index contributed by atoms with van der Waals surface area (Å²) < 4.78 is 6.09. The highest BCUT2D eigenvalue weighted by Crippen LogP contribution is 2.46. The number of halogens is 2. The van der Waals surface area contributed by atoms with Gasteiger partial charge in [0.1, 0.15) is 17.9 Å². The molecule has 7 heteroatoms. The van der Waals surface area contributed by atoms with Crippen LogP contribution in [0.5, 0.6) is 5.75 Å². The molecule has 4 atom stereocenters. The number of nitrogens with zero attached hydrogens (tertiary/aromatic N) is 1. The molecule has 35 heavy (non-hydrogen) atoms. The Bertz CT molecular complexity index is 1150. The fourth-order valence-electron chi connectivity index (χ4n) is 4.54. The van der Waals surface area contributed by atoms with Crippen LogP contribution in [0.25, 0.3) is 5.57 Å². The fraction of sp³-hybridized carbons (Fsp3) is 0.357. The van der Waals surface area contributed by atoms with E-state index in [1.54, 1.807) is 31.2 Å². The Morgan fingerprint density at radius 2 is 1.74 bits per heavy atom. The first-order valence-electron chi connectivity index (χ1n) is 11.6. The van der Waals surface area contributed by atoms with Crippen LogP contribution in [-0.2, 0) is 4.79 Å². The molecular weight excluding hydrogens is 483 g/mol. The number of hydrogen-bond donors (Lipinski definition) is 2. The molecule has 184 valence electrons. The van der Waals surface area contributed by atoms with E-state index in [1.807, 2.05) is 43.3 Å². The Labute approximate surface area is 217 Å². The second-order valence-electron chi connectivity index (χ2n) is 9.32. The maximum Gasteiger partial charge on any atom is 0.310 e. The predicted molar refractivity (Wildman–Crippen MR) is 140 cm³/mol. The summed E-state index contributed by atoms with van der Waals surface area (Å²) in [6.07, 6.45) is 2.02. The molecule has 2 N–H and O–H groups in total. The molecule has 2 aromatic carbocycles. The van der Waals surface area contributed by atoms with Gasteiger partial charge in [0.25, 0.3) is 0 Å². The molecule has 0 amide bonds. The highest BCUT2D eigenvalue weighted by Gasteiger charge is 2.45. The van der Waals surface area contributed by atoms with E-state index in [2.05, 4.69) is 25.2 Å². The minimum absolute atomic E-state index is 0.241. The van der Waals surface area contributed by atoms with Crippen molar-refractivity contribution in [2.24, 2.45) is 11.8 Å². The minimum atomic E-state index is -0.882. The van der Waals surface area contributed by atoms with Gasteiger partial charge in [-0.25, -0.2) is 0 Å². The molecular formula is C28H30Cl2N2O3. The van der Waals surface area contributed by atoms with Gasteiger partial charge < -0.3 is 9.84 Å². The fourth-order valence-corrected chi connectivity index (χ4v) is 5.45. The van der Waals surface area contributed by atoms with Gasteiger partial charge in [0.2, 0.25) is 0 Å². The van der Waals surface area contributed by atoms with Gasteiger partial charge in [0.05, 0.1) is 17.5 Å². The summed E-state index contributed by atoms with van der Waals surface area (Å²) in [7, 11) is 0. The van der Waals surface area contributed by atoms with Gasteiger partial charge in [-0.2, -0.15) is 5.26 Å². The van der Waals surface area contributed by atoms with Crippen molar-refractivity contribution < 1.29 is 14.6 Å². The topological polar surface area (TPSA) is 82.3 Å². The molecule has 2 aromatic rings. The number of ether oxygens (including phenoxy) is 1. The van der Waals surface area contributed by atoms with Crippen molar-refractivity contribution in [3.05, 3.63) is 81.9 Å². The van der Waals surface area contributed by atoms with E-state index in [0.717, 1.165) is 5.56 Å². The third-order valence-corrected chi connectivity index (χ3v) is 6.81. The molecule has 0 aliphatic heterocycles. The van der Waals surface area contributed by atoms with Crippen LogP contribution in [-0.4, -0.2) is 22.8 Å². The maximum atomic E-state index is 11.2. The summed E-state index contributed by atoms with van der Waals surface area (Å²) >= 11 is 13.7. The maximum absolute atomic E-state index is 11.2. The average molecular weight is 513 g/mol. The number of rotatable bonds is 9. The van der Waals surface area contributed by atoms with E-state index in [-0.39, 0.29) is 5.92 Å². The molecule has 0 heterocycles. The monoisotopic (exact) mass is 512 g/mol. The molecule has 0 aromatic heterocycles. The predicted octanol–water partition coefficient (Wildman–Crippen LogP) is 6.90. The third-order valence-electron chi connectivity index (χ3n) is 6.10. The summed E-state index contributed by atoms with van der Waals surface area (Å²) in [6, 6.07) is 19.0. The second kappa shape index (κ2) is 11.3. The molecule has 4 unspecified atom stereocenters. The van der Waals surface area contributed by atoms with Crippen LogP contribution in [0.15, 0.2) is 70.7 Å². The Hall–Kier alpha value is -2.78. The van der Waals surface area contributed by atoms with Gasteiger partial charge in [0.15, 0.2) is 0 Å². The van der Waals surface area contributed by atoms with Crippen molar-refractivity contribution in [1.82, 2.24) is 5.32 Å². The van der Waals surface area contributed by atoms with E-state index in [1.165, 1.54) is 0 Å². The molecule has 1 aliphatic rings. The third kappa shape index (κ3) is 6.08. The van der Waals surface area contributed by atoms with Crippen molar-refractivity contribution in [2.45, 2.75) is 51.8 Å². The van der Waals surface area contributed by atoms with Crippen LogP contribution in [0.1, 0.15) is 51.2 Å². The van der Waals surface area contributed by atoms with Crippen molar-refractivity contribution in [1.29, 1.82) is 5.26 Å². The van der Waals surface area contributed by atoms with Gasteiger partial charge in [-0.05, 0) is 55.5 Å². The number of aliphatic carboxylic acids is 1. The van der Waals surface area contributed by atoms with Crippen molar-refractivity contribution in [3.63, 3.8) is 0 Å². The van der Waals surface area contributed by atoms with Gasteiger partial charge in [-0.1, -0.05) is 79.5 Å². The second-order valence-corrected chi connectivity index (χ2v) is 10.1. The quantitative estimate of drug-likeness (QED) is 0.357. The van der Waals surface area contributed by atoms with Crippen LogP contribution in [0, 0.1) is 23.2 Å². The summed E-state index contributed by atoms with van der Waals surface area (Å²) in [5.74, 6) is -1.34. The molecule has 0 fully saturated rings. The molecule has 0 radical (unpaired) electrons. The molecule has 5 nitrogen and oxygen atoms in total. The lowest BCUT2D eigenvalue weighted by atomic mass is 9.73. The van der Waals surface area contributed by atoms with Crippen LogP contribution < -0.4 is 10.1 Å². The smallest absolute Gasteiger partial charge is 0.310 e. The highest BCUT2D eigenvalue weighted by molar-refractivity contribution is 6.42. The molecule has 0 saturated carbocycles. The Balaban J connectivity index is 1.90. The summed E-state index contributed by atoms with van der Waals surface area (Å²) in [5, 5.41) is 23.8. The van der Waals surface area contributed by atoms with Crippen LogP contribution in [0.2, 0.25) is 0 Å². The Kier molecular flexibility index (Phi) is 8.66. The van der Waals surface area contributed by atoms with Crippen LogP contribution in [0.4, 0.5) is 0 Å². The van der Waals surface area contributed by atoms with Crippen molar-refractivity contribution >= 4 is 34.7 Å². The van der Waals surface area contributed by atoms with Crippen LogP contribution in [0.3, 0.4) is 0 Å². The number of benzene rings is 2. The molecule has 1 aliphatic carbocycles. The van der Waals surface area contributed by atoms with Gasteiger partial charge >= 0.3 is 5.97 Å². The molecule has 0 bridgehead atoms. The zero-order valence-electron chi connectivity index (χ0n) is 20.3. The lowest BCUT2D eigenvalue weighted by Crippen LogP contribution is -2.56. The number of carbonyl (C=O) groups is 1. The number of carboxylic acids is 1. The number of allylic oxidation sites excluding steroid dienone is 2. The van der Waals surface area contributed by atoms with Gasteiger partial charge in [-0.3, -0.25) is 10.1 Å². The molecule has 3 rings (SSSR count).